The fraction of sp³-hybridized carbons (Fsp3) is 0.471. The summed E-state index contributed by atoms with van der Waals surface area (Å²) in [6.07, 6.45) is 7.32. The molecular formula is C17H22N2. The van der Waals surface area contributed by atoms with E-state index in [1.165, 1.54) is 36.6 Å². The van der Waals surface area contributed by atoms with Crippen molar-refractivity contribution >= 4 is 10.9 Å². The van der Waals surface area contributed by atoms with Gasteiger partial charge in [-0.2, -0.15) is 0 Å². The molecule has 1 aromatic heterocycles. The first kappa shape index (κ1) is 12.6. The van der Waals surface area contributed by atoms with E-state index in [1.807, 2.05) is 6.07 Å². The summed E-state index contributed by atoms with van der Waals surface area (Å²) in [5.41, 5.74) is 2.44. The van der Waals surface area contributed by atoms with E-state index in [0.717, 1.165) is 18.0 Å². The summed E-state index contributed by atoms with van der Waals surface area (Å²) in [5.74, 6) is 0.931. The fourth-order valence-electron chi connectivity index (χ4n) is 2.62. The predicted molar refractivity (Wildman–Crippen MR) is 80.1 cm³/mol. The van der Waals surface area contributed by atoms with Crippen molar-refractivity contribution in [2.75, 3.05) is 6.54 Å². The van der Waals surface area contributed by atoms with Gasteiger partial charge in [0.15, 0.2) is 0 Å². The van der Waals surface area contributed by atoms with Crippen LogP contribution in [0.2, 0.25) is 0 Å². The largest absolute Gasteiger partial charge is 0.310 e. The summed E-state index contributed by atoms with van der Waals surface area (Å²) in [4.78, 5) is 4.60. The molecule has 0 saturated heterocycles. The molecule has 1 N–H and O–H groups in total. The van der Waals surface area contributed by atoms with Crippen LogP contribution in [0.1, 0.15) is 44.2 Å². The van der Waals surface area contributed by atoms with Crippen LogP contribution in [-0.4, -0.2) is 11.5 Å². The van der Waals surface area contributed by atoms with Crippen LogP contribution in [0.4, 0.5) is 0 Å². The summed E-state index contributed by atoms with van der Waals surface area (Å²) < 4.78 is 0. The van der Waals surface area contributed by atoms with Crippen molar-refractivity contribution in [3.63, 3.8) is 0 Å². The number of nitrogens with zero attached hydrogens (tertiary/aromatic N) is 1. The highest BCUT2D eigenvalue weighted by Crippen LogP contribution is 2.37. The zero-order valence-corrected chi connectivity index (χ0v) is 11.6. The molecule has 1 heterocycles. The van der Waals surface area contributed by atoms with Crippen LogP contribution in [0.5, 0.6) is 0 Å². The van der Waals surface area contributed by atoms with E-state index >= 15 is 0 Å². The van der Waals surface area contributed by atoms with Gasteiger partial charge >= 0.3 is 0 Å². The van der Waals surface area contributed by atoms with Crippen LogP contribution in [0.15, 0.2) is 36.5 Å². The molecule has 2 aromatic rings. The third-order valence-corrected chi connectivity index (χ3v) is 3.92. The van der Waals surface area contributed by atoms with E-state index in [0.29, 0.717) is 6.04 Å². The van der Waals surface area contributed by atoms with Crippen molar-refractivity contribution in [2.45, 2.75) is 38.6 Å². The van der Waals surface area contributed by atoms with Gasteiger partial charge in [0.1, 0.15) is 0 Å². The maximum absolute atomic E-state index is 4.60. The van der Waals surface area contributed by atoms with Crippen LogP contribution in [0.3, 0.4) is 0 Å². The third-order valence-electron chi connectivity index (χ3n) is 3.92. The standard InChI is InChI=1S/C17H22N2/c1-2-9-18-17(10-13-7-8-13)15-11-14-5-3-4-6-16(14)19-12-15/h3-6,11-13,17-18H,2,7-10H2,1H3. The lowest BCUT2D eigenvalue weighted by atomic mass is 10.0. The number of pyridine rings is 1. The van der Waals surface area contributed by atoms with Crippen LogP contribution in [0.25, 0.3) is 10.9 Å². The van der Waals surface area contributed by atoms with Crippen LogP contribution < -0.4 is 5.32 Å². The van der Waals surface area contributed by atoms with E-state index in [2.05, 4.69) is 47.7 Å². The van der Waals surface area contributed by atoms with Gasteiger partial charge in [0.2, 0.25) is 0 Å². The molecule has 2 nitrogen and oxygen atoms in total. The van der Waals surface area contributed by atoms with Crippen molar-refractivity contribution in [3.8, 4) is 0 Å². The van der Waals surface area contributed by atoms with Crippen molar-refractivity contribution in [1.82, 2.24) is 10.3 Å². The molecule has 1 aliphatic rings. The first-order valence-corrected chi connectivity index (χ1v) is 7.45. The van der Waals surface area contributed by atoms with Gasteiger partial charge < -0.3 is 5.32 Å². The molecule has 100 valence electrons. The van der Waals surface area contributed by atoms with Crippen LogP contribution in [-0.2, 0) is 0 Å². The Morgan fingerprint density at radius 1 is 1.32 bits per heavy atom. The fourth-order valence-corrected chi connectivity index (χ4v) is 2.62. The lowest BCUT2D eigenvalue weighted by Gasteiger charge is -2.19. The molecule has 1 fully saturated rings. The molecule has 1 atom stereocenters. The summed E-state index contributed by atoms with van der Waals surface area (Å²) in [7, 11) is 0. The molecule has 0 amide bonds. The van der Waals surface area contributed by atoms with E-state index in [-0.39, 0.29) is 0 Å². The van der Waals surface area contributed by atoms with Crippen molar-refractivity contribution < 1.29 is 0 Å². The molecule has 1 unspecified atom stereocenters. The molecule has 0 aliphatic heterocycles. The van der Waals surface area contributed by atoms with Gasteiger partial charge in [-0.25, -0.2) is 0 Å². The maximum atomic E-state index is 4.60. The second-order valence-corrected chi connectivity index (χ2v) is 5.65. The number of hydrogen-bond donors (Lipinski definition) is 1. The predicted octanol–water partition coefficient (Wildman–Crippen LogP) is 4.08. The Morgan fingerprint density at radius 2 is 2.16 bits per heavy atom. The van der Waals surface area contributed by atoms with Gasteiger partial charge in [-0.1, -0.05) is 38.0 Å². The smallest absolute Gasteiger partial charge is 0.0702 e. The molecule has 1 aromatic carbocycles. The summed E-state index contributed by atoms with van der Waals surface area (Å²) in [5, 5.41) is 4.93. The number of rotatable bonds is 6. The van der Waals surface area contributed by atoms with E-state index < -0.39 is 0 Å². The highest BCUT2D eigenvalue weighted by molar-refractivity contribution is 5.78. The number of aromatic nitrogens is 1. The first-order chi connectivity index (χ1) is 9.36. The van der Waals surface area contributed by atoms with Gasteiger partial charge in [-0.05, 0) is 43.0 Å². The van der Waals surface area contributed by atoms with Crippen molar-refractivity contribution in [3.05, 3.63) is 42.1 Å². The Morgan fingerprint density at radius 3 is 2.95 bits per heavy atom. The molecule has 3 rings (SSSR count). The molecule has 19 heavy (non-hydrogen) atoms. The van der Waals surface area contributed by atoms with Gasteiger partial charge in [0.05, 0.1) is 5.52 Å². The molecule has 1 aliphatic carbocycles. The highest BCUT2D eigenvalue weighted by atomic mass is 14.9. The van der Waals surface area contributed by atoms with E-state index in [1.54, 1.807) is 0 Å². The summed E-state index contributed by atoms with van der Waals surface area (Å²) in [6, 6.07) is 11.1. The molecule has 0 bridgehead atoms. The normalized spacial score (nSPS) is 16.7. The second-order valence-electron chi connectivity index (χ2n) is 5.65. The van der Waals surface area contributed by atoms with Gasteiger partial charge in [0.25, 0.3) is 0 Å². The second kappa shape index (κ2) is 5.70. The number of fused-ring (bicyclic) bond motifs is 1. The minimum atomic E-state index is 0.476. The number of benzene rings is 1. The number of para-hydroxylation sites is 1. The quantitative estimate of drug-likeness (QED) is 0.840. The van der Waals surface area contributed by atoms with Gasteiger partial charge in [-0.3, -0.25) is 4.98 Å². The van der Waals surface area contributed by atoms with Gasteiger partial charge in [-0.15, -0.1) is 0 Å². The monoisotopic (exact) mass is 254 g/mol. The molecule has 0 spiro atoms. The van der Waals surface area contributed by atoms with E-state index in [4.69, 9.17) is 0 Å². The minimum Gasteiger partial charge on any atom is -0.310 e. The molecule has 2 heteroatoms. The first-order valence-electron chi connectivity index (χ1n) is 7.45. The Balaban J connectivity index is 1.84. The van der Waals surface area contributed by atoms with Crippen LogP contribution in [0, 0.1) is 5.92 Å². The van der Waals surface area contributed by atoms with Gasteiger partial charge in [0, 0.05) is 17.6 Å². The Bertz CT molecular complexity index is 546. The van der Waals surface area contributed by atoms with Crippen molar-refractivity contribution in [2.24, 2.45) is 5.92 Å². The topological polar surface area (TPSA) is 24.9 Å². The number of hydrogen-bond acceptors (Lipinski definition) is 2. The zero-order valence-electron chi connectivity index (χ0n) is 11.6. The third kappa shape index (κ3) is 3.13. The molecule has 0 radical (unpaired) electrons. The average molecular weight is 254 g/mol. The summed E-state index contributed by atoms with van der Waals surface area (Å²) >= 11 is 0. The van der Waals surface area contributed by atoms with Crippen molar-refractivity contribution in [1.29, 1.82) is 0 Å². The SMILES string of the molecule is CCCNC(CC1CC1)c1cnc2ccccc2c1. The Kier molecular flexibility index (Phi) is 3.79. The molecule has 1 saturated carbocycles. The number of nitrogens with one attached hydrogen (secondary N) is 1. The Labute approximate surface area is 115 Å². The lowest BCUT2D eigenvalue weighted by molar-refractivity contribution is 0.473. The average Bonchev–Trinajstić information content (AvgIpc) is 3.27. The van der Waals surface area contributed by atoms with E-state index in [9.17, 15) is 0 Å². The Hall–Kier alpha value is -1.41. The summed E-state index contributed by atoms with van der Waals surface area (Å²) in [6.45, 7) is 3.31. The highest BCUT2D eigenvalue weighted by Gasteiger charge is 2.26. The van der Waals surface area contributed by atoms with Crippen LogP contribution >= 0.6 is 0 Å². The molecular weight excluding hydrogens is 232 g/mol. The lowest BCUT2D eigenvalue weighted by Crippen LogP contribution is -2.22. The zero-order chi connectivity index (χ0) is 13.1. The maximum Gasteiger partial charge on any atom is 0.0702 e. The minimum absolute atomic E-state index is 0.476.